The Morgan fingerprint density at radius 3 is 2.33 bits per heavy atom. The predicted octanol–water partition coefficient (Wildman–Crippen LogP) is 3.81. The van der Waals surface area contributed by atoms with E-state index in [0.29, 0.717) is 0 Å². The van der Waals surface area contributed by atoms with Crippen LogP contribution in [-0.2, 0) is 0 Å². The Labute approximate surface area is 116 Å². The summed E-state index contributed by atoms with van der Waals surface area (Å²) in [6, 6.07) is 13.9. The molecule has 2 rings (SSSR count). The Bertz CT molecular complexity index is 537. The monoisotopic (exact) mass is 305 g/mol. The van der Waals surface area contributed by atoms with E-state index in [1.165, 1.54) is 5.56 Å². The third kappa shape index (κ3) is 2.74. The summed E-state index contributed by atoms with van der Waals surface area (Å²) in [7, 11) is 1.66. The molecule has 2 aromatic carbocycles. The summed E-state index contributed by atoms with van der Waals surface area (Å²) < 4.78 is 6.19. The first-order chi connectivity index (χ1) is 8.61. The van der Waals surface area contributed by atoms with Crippen molar-refractivity contribution >= 4 is 15.9 Å². The molecule has 2 N–H and O–H groups in total. The lowest BCUT2D eigenvalue weighted by molar-refractivity contribution is 0.414. The third-order valence-corrected chi connectivity index (χ3v) is 3.65. The zero-order chi connectivity index (χ0) is 13.1. The van der Waals surface area contributed by atoms with Crippen LogP contribution in [0.4, 0.5) is 0 Å². The minimum absolute atomic E-state index is 0.133. The van der Waals surface area contributed by atoms with Gasteiger partial charge in [0.2, 0.25) is 0 Å². The Hall–Kier alpha value is -1.32. The molecule has 2 aromatic rings. The maximum absolute atomic E-state index is 6.29. The van der Waals surface area contributed by atoms with Gasteiger partial charge in [0.25, 0.3) is 0 Å². The van der Waals surface area contributed by atoms with Crippen LogP contribution in [0.1, 0.15) is 22.7 Å². The number of hydrogen-bond donors (Lipinski definition) is 1. The standard InChI is InChI=1S/C15H16BrNO/c1-10-3-8-13(14(16)9-10)15(17)11-4-6-12(18-2)7-5-11/h3-9,15H,17H2,1-2H3. The van der Waals surface area contributed by atoms with Crippen LogP contribution in [0.25, 0.3) is 0 Å². The lowest BCUT2D eigenvalue weighted by Crippen LogP contribution is -2.12. The fraction of sp³-hybridized carbons (Fsp3) is 0.200. The van der Waals surface area contributed by atoms with E-state index in [9.17, 15) is 0 Å². The summed E-state index contributed by atoms with van der Waals surface area (Å²) in [5, 5.41) is 0. The number of rotatable bonds is 3. The lowest BCUT2D eigenvalue weighted by Gasteiger charge is -2.15. The maximum Gasteiger partial charge on any atom is 0.118 e. The van der Waals surface area contributed by atoms with Gasteiger partial charge < -0.3 is 10.5 Å². The van der Waals surface area contributed by atoms with Gasteiger partial charge in [-0.2, -0.15) is 0 Å². The predicted molar refractivity (Wildman–Crippen MR) is 77.9 cm³/mol. The van der Waals surface area contributed by atoms with Gasteiger partial charge >= 0.3 is 0 Å². The van der Waals surface area contributed by atoms with Crippen LogP contribution in [-0.4, -0.2) is 7.11 Å². The number of halogens is 1. The van der Waals surface area contributed by atoms with Crippen LogP contribution in [0.2, 0.25) is 0 Å². The molecule has 0 spiro atoms. The van der Waals surface area contributed by atoms with Crippen LogP contribution < -0.4 is 10.5 Å². The number of aryl methyl sites for hydroxylation is 1. The smallest absolute Gasteiger partial charge is 0.118 e. The lowest BCUT2D eigenvalue weighted by atomic mass is 9.99. The molecule has 2 nitrogen and oxygen atoms in total. The van der Waals surface area contributed by atoms with E-state index in [-0.39, 0.29) is 6.04 Å². The van der Waals surface area contributed by atoms with Gasteiger partial charge in [-0.25, -0.2) is 0 Å². The van der Waals surface area contributed by atoms with Crippen molar-refractivity contribution in [2.24, 2.45) is 5.73 Å². The second-order valence-electron chi connectivity index (χ2n) is 4.28. The van der Waals surface area contributed by atoms with Gasteiger partial charge in [0.05, 0.1) is 13.2 Å². The molecule has 0 heterocycles. The molecule has 0 aliphatic carbocycles. The average molecular weight is 306 g/mol. The second kappa shape index (κ2) is 5.55. The second-order valence-corrected chi connectivity index (χ2v) is 5.13. The van der Waals surface area contributed by atoms with Gasteiger partial charge in [0.1, 0.15) is 5.75 Å². The first-order valence-corrected chi connectivity index (χ1v) is 6.56. The van der Waals surface area contributed by atoms with Crippen molar-refractivity contribution in [3.05, 3.63) is 63.6 Å². The summed E-state index contributed by atoms with van der Waals surface area (Å²) in [6.45, 7) is 2.06. The molecule has 0 aliphatic heterocycles. The van der Waals surface area contributed by atoms with Crippen LogP contribution in [0.3, 0.4) is 0 Å². The van der Waals surface area contributed by atoms with Gasteiger partial charge in [-0.15, -0.1) is 0 Å². The average Bonchev–Trinajstić information content (AvgIpc) is 2.38. The fourth-order valence-electron chi connectivity index (χ4n) is 1.88. The highest BCUT2D eigenvalue weighted by Crippen LogP contribution is 2.28. The molecule has 0 fully saturated rings. The molecule has 0 saturated carbocycles. The molecule has 0 radical (unpaired) electrons. The Balaban J connectivity index is 2.31. The van der Waals surface area contributed by atoms with E-state index in [1.54, 1.807) is 7.11 Å². The molecule has 3 heteroatoms. The number of nitrogens with two attached hydrogens (primary N) is 1. The largest absolute Gasteiger partial charge is 0.497 e. The molecule has 1 atom stereocenters. The summed E-state index contributed by atoms with van der Waals surface area (Å²) in [5.74, 6) is 0.842. The SMILES string of the molecule is COc1ccc(C(N)c2ccc(C)cc2Br)cc1. The van der Waals surface area contributed by atoms with Crippen LogP contribution in [0, 0.1) is 6.92 Å². The normalized spacial score (nSPS) is 12.2. The highest BCUT2D eigenvalue weighted by molar-refractivity contribution is 9.10. The number of hydrogen-bond acceptors (Lipinski definition) is 2. The molecule has 1 unspecified atom stereocenters. The van der Waals surface area contributed by atoms with Crippen molar-refractivity contribution in [3.63, 3.8) is 0 Å². The number of ether oxygens (including phenoxy) is 1. The van der Waals surface area contributed by atoms with Gasteiger partial charge in [-0.3, -0.25) is 0 Å². The molecule has 0 aliphatic rings. The molecule has 0 amide bonds. The molecular weight excluding hydrogens is 290 g/mol. The number of methoxy groups -OCH3 is 1. The summed E-state index contributed by atoms with van der Waals surface area (Å²) in [5.41, 5.74) is 9.66. The van der Waals surface area contributed by atoms with Crippen molar-refractivity contribution in [2.45, 2.75) is 13.0 Å². The highest BCUT2D eigenvalue weighted by Gasteiger charge is 2.12. The zero-order valence-corrected chi connectivity index (χ0v) is 12.1. The molecular formula is C15H16BrNO. The fourth-order valence-corrected chi connectivity index (χ4v) is 2.62. The van der Waals surface area contributed by atoms with E-state index in [1.807, 2.05) is 24.3 Å². The van der Waals surface area contributed by atoms with Crippen molar-refractivity contribution in [3.8, 4) is 5.75 Å². The molecule has 0 bridgehead atoms. The van der Waals surface area contributed by atoms with Crippen LogP contribution >= 0.6 is 15.9 Å². The Morgan fingerprint density at radius 2 is 1.78 bits per heavy atom. The Morgan fingerprint density at radius 1 is 1.11 bits per heavy atom. The first kappa shape index (κ1) is 13.1. The van der Waals surface area contributed by atoms with Gasteiger partial charge in [0, 0.05) is 4.47 Å². The van der Waals surface area contributed by atoms with Crippen molar-refractivity contribution in [1.29, 1.82) is 0 Å². The molecule has 94 valence electrons. The van der Waals surface area contributed by atoms with Crippen molar-refractivity contribution < 1.29 is 4.74 Å². The van der Waals surface area contributed by atoms with Gasteiger partial charge in [0.15, 0.2) is 0 Å². The minimum Gasteiger partial charge on any atom is -0.497 e. The van der Waals surface area contributed by atoms with Gasteiger partial charge in [-0.1, -0.05) is 40.2 Å². The third-order valence-electron chi connectivity index (χ3n) is 2.97. The summed E-state index contributed by atoms with van der Waals surface area (Å²) in [6.07, 6.45) is 0. The van der Waals surface area contributed by atoms with E-state index in [0.717, 1.165) is 21.3 Å². The number of benzene rings is 2. The van der Waals surface area contributed by atoms with E-state index in [4.69, 9.17) is 10.5 Å². The summed E-state index contributed by atoms with van der Waals surface area (Å²) >= 11 is 3.57. The molecule has 0 saturated heterocycles. The minimum atomic E-state index is -0.133. The van der Waals surface area contributed by atoms with Crippen LogP contribution in [0.5, 0.6) is 5.75 Å². The van der Waals surface area contributed by atoms with Crippen molar-refractivity contribution in [2.75, 3.05) is 7.11 Å². The topological polar surface area (TPSA) is 35.2 Å². The zero-order valence-electron chi connectivity index (χ0n) is 10.5. The first-order valence-electron chi connectivity index (χ1n) is 5.77. The van der Waals surface area contributed by atoms with E-state index in [2.05, 4.69) is 41.1 Å². The maximum atomic E-state index is 6.29. The highest BCUT2D eigenvalue weighted by atomic mass is 79.9. The van der Waals surface area contributed by atoms with E-state index < -0.39 is 0 Å². The Kier molecular flexibility index (Phi) is 4.04. The van der Waals surface area contributed by atoms with Crippen LogP contribution in [0.15, 0.2) is 46.9 Å². The van der Waals surface area contributed by atoms with Crippen molar-refractivity contribution in [1.82, 2.24) is 0 Å². The molecule has 18 heavy (non-hydrogen) atoms. The van der Waals surface area contributed by atoms with E-state index >= 15 is 0 Å². The quantitative estimate of drug-likeness (QED) is 0.936. The molecule has 0 aromatic heterocycles. The summed E-state index contributed by atoms with van der Waals surface area (Å²) in [4.78, 5) is 0. The van der Waals surface area contributed by atoms with Gasteiger partial charge in [-0.05, 0) is 41.8 Å².